The number of carbonyl (C=O) groups excluding carboxylic acids is 2. The predicted molar refractivity (Wildman–Crippen MR) is 94.5 cm³/mol. The van der Waals surface area contributed by atoms with E-state index in [1.165, 1.54) is 6.92 Å². The number of hydrogen-bond acceptors (Lipinski definition) is 3. The summed E-state index contributed by atoms with van der Waals surface area (Å²) in [4.78, 5) is 29.7. The van der Waals surface area contributed by atoms with Gasteiger partial charge >= 0.3 is 0 Å². The van der Waals surface area contributed by atoms with E-state index >= 15 is 0 Å². The van der Waals surface area contributed by atoms with Gasteiger partial charge < -0.3 is 10.2 Å². The number of para-hydroxylation sites is 1. The van der Waals surface area contributed by atoms with Gasteiger partial charge in [0.25, 0.3) is 0 Å². The number of rotatable bonds is 7. The fraction of sp³-hybridized carbons (Fsp3) is 0.316. The fourth-order valence-electron chi connectivity index (χ4n) is 2.52. The third-order valence-electron chi connectivity index (χ3n) is 3.84. The molecule has 24 heavy (non-hydrogen) atoms. The second-order valence-corrected chi connectivity index (χ2v) is 5.54. The van der Waals surface area contributed by atoms with Crippen LogP contribution in [0, 0.1) is 0 Å². The van der Waals surface area contributed by atoms with Crippen LogP contribution in [0.1, 0.15) is 31.4 Å². The summed E-state index contributed by atoms with van der Waals surface area (Å²) in [6, 6.07) is 11.5. The molecular formula is C19H23N3O2. The summed E-state index contributed by atoms with van der Waals surface area (Å²) in [6.07, 6.45) is 4.50. The molecule has 5 heteroatoms. The van der Waals surface area contributed by atoms with Gasteiger partial charge in [0.2, 0.25) is 11.8 Å². The molecule has 1 aromatic carbocycles. The van der Waals surface area contributed by atoms with Gasteiger partial charge in [-0.3, -0.25) is 14.6 Å². The molecule has 0 aliphatic heterocycles. The summed E-state index contributed by atoms with van der Waals surface area (Å²) < 4.78 is 0. The zero-order valence-corrected chi connectivity index (χ0v) is 14.2. The molecule has 1 N–H and O–H groups in total. The van der Waals surface area contributed by atoms with E-state index in [-0.39, 0.29) is 18.2 Å². The first-order valence-electron chi connectivity index (χ1n) is 8.13. The molecule has 0 saturated carbocycles. The minimum atomic E-state index is -0.0768. The number of carbonyl (C=O) groups is 2. The highest BCUT2D eigenvalue weighted by molar-refractivity contribution is 5.93. The summed E-state index contributed by atoms with van der Waals surface area (Å²) in [7, 11) is 0. The average Bonchev–Trinajstić information content (AvgIpc) is 2.61. The molecule has 2 rings (SSSR count). The van der Waals surface area contributed by atoms with Crippen molar-refractivity contribution in [3.8, 4) is 0 Å². The van der Waals surface area contributed by atoms with Gasteiger partial charge in [0.15, 0.2) is 0 Å². The monoisotopic (exact) mass is 325 g/mol. The lowest BCUT2D eigenvalue weighted by molar-refractivity contribution is -0.121. The highest BCUT2D eigenvalue weighted by Crippen LogP contribution is 2.21. The molecule has 1 aromatic heterocycles. The van der Waals surface area contributed by atoms with Crippen molar-refractivity contribution in [2.24, 2.45) is 0 Å². The smallest absolute Gasteiger partial charge is 0.223 e. The number of benzene rings is 1. The molecule has 0 atom stereocenters. The average molecular weight is 325 g/mol. The Hall–Kier alpha value is -2.69. The van der Waals surface area contributed by atoms with Gasteiger partial charge in [-0.05, 0) is 35.7 Å². The van der Waals surface area contributed by atoms with Crippen molar-refractivity contribution in [1.82, 2.24) is 10.3 Å². The van der Waals surface area contributed by atoms with Crippen molar-refractivity contribution in [2.75, 3.05) is 11.4 Å². The quantitative estimate of drug-likeness (QED) is 0.851. The number of aryl methyl sites for hydroxylation is 1. The van der Waals surface area contributed by atoms with Gasteiger partial charge in [0.1, 0.15) is 0 Å². The van der Waals surface area contributed by atoms with Crippen LogP contribution in [-0.2, 0) is 22.6 Å². The van der Waals surface area contributed by atoms with E-state index in [2.05, 4.69) is 17.2 Å². The molecule has 0 unspecified atom stereocenters. The number of nitrogens with zero attached hydrogens (tertiary/aromatic N) is 2. The Kier molecular flexibility index (Phi) is 6.49. The molecule has 0 fully saturated rings. The molecule has 5 nitrogen and oxygen atoms in total. The standard InChI is InChI=1S/C19H23N3O2/c1-3-17-6-4-5-7-18(17)22(15(2)23)13-10-19(24)21-14-16-8-11-20-12-9-16/h4-9,11-12H,3,10,13-14H2,1-2H3,(H,21,24). The van der Waals surface area contributed by atoms with Crippen LogP contribution in [0.2, 0.25) is 0 Å². The van der Waals surface area contributed by atoms with Crippen molar-refractivity contribution in [3.63, 3.8) is 0 Å². The number of aromatic nitrogens is 1. The Balaban J connectivity index is 1.94. The molecule has 0 spiro atoms. The van der Waals surface area contributed by atoms with E-state index in [1.807, 2.05) is 36.4 Å². The first-order valence-corrected chi connectivity index (χ1v) is 8.13. The molecule has 1 heterocycles. The number of hydrogen-bond donors (Lipinski definition) is 1. The predicted octanol–water partition coefficient (Wildman–Crippen LogP) is 2.70. The van der Waals surface area contributed by atoms with Gasteiger partial charge in [-0.25, -0.2) is 0 Å². The van der Waals surface area contributed by atoms with Gasteiger partial charge in [-0.15, -0.1) is 0 Å². The van der Waals surface area contributed by atoms with E-state index in [4.69, 9.17) is 0 Å². The maximum absolute atomic E-state index is 12.1. The zero-order valence-electron chi connectivity index (χ0n) is 14.2. The molecule has 0 aliphatic carbocycles. The first-order chi connectivity index (χ1) is 11.6. The summed E-state index contributed by atoms with van der Waals surface area (Å²) in [6.45, 7) is 4.42. The highest BCUT2D eigenvalue weighted by atomic mass is 16.2. The van der Waals surface area contributed by atoms with E-state index in [0.717, 1.165) is 23.2 Å². The summed E-state index contributed by atoms with van der Waals surface area (Å²) in [5, 5.41) is 2.87. The first kappa shape index (κ1) is 17.7. The third kappa shape index (κ3) is 4.91. The van der Waals surface area contributed by atoms with Crippen LogP contribution in [0.3, 0.4) is 0 Å². The normalized spacial score (nSPS) is 10.2. The summed E-state index contributed by atoms with van der Waals surface area (Å²) in [5.74, 6) is -0.134. The number of amides is 2. The SMILES string of the molecule is CCc1ccccc1N(CCC(=O)NCc1ccncc1)C(C)=O. The lowest BCUT2D eigenvalue weighted by Gasteiger charge is -2.23. The Labute approximate surface area is 142 Å². The van der Waals surface area contributed by atoms with Crippen molar-refractivity contribution in [1.29, 1.82) is 0 Å². The number of anilines is 1. The van der Waals surface area contributed by atoms with Crippen molar-refractivity contribution >= 4 is 17.5 Å². The second-order valence-electron chi connectivity index (χ2n) is 5.54. The third-order valence-corrected chi connectivity index (χ3v) is 3.84. The second kappa shape index (κ2) is 8.82. The van der Waals surface area contributed by atoms with E-state index in [9.17, 15) is 9.59 Å². The molecule has 0 aliphatic rings. The molecule has 2 amide bonds. The van der Waals surface area contributed by atoms with Crippen LogP contribution in [0.25, 0.3) is 0 Å². The summed E-state index contributed by atoms with van der Waals surface area (Å²) >= 11 is 0. The lowest BCUT2D eigenvalue weighted by atomic mass is 10.1. The largest absolute Gasteiger partial charge is 0.352 e. The van der Waals surface area contributed by atoms with Crippen LogP contribution in [0.5, 0.6) is 0 Å². The lowest BCUT2D eigenvalue weighted by Crippen LogP contribution is -2.34. The Morgan fingerprint density at radius 2 is 1.83 bits per heavy atom. The molecule has 0 bridgehead atoms. The zero-order chi connectivity index (χ0) is 17.4. The molecule has 0 saturated heterocycles. The van der Waals surface area contributed by atoms with Gasteiger partial charge in [-0.1, -0.05) is 25.1 Å². The Morgan fingerprint density at radius 3 is 2.50 bits per heavy atom. The van der Waals surface area contributed by atoms with Gasteiger partial charge in [-0.2, -0.15) is 0 Å². The minimum absolute atomic E-state index is 0.0576. The molecule has 0 radical (unpaired) electrons. The Bertz CT molecular complexity index is 686. The Morgan fingerprint density at radius 1 is 1.12 bits per heavy atom. The van der Waals surface area contributed by atoms with Crippen LogP contribution < -0.4 is 10.2 Å². The van der Waals surface area contributed by atoms with E-state index in [1.54, 1.807) is 17.3 Å². The van der Waals surface area contributed by atoms with Crippen LogP contribution >= 0.6 is 0 Å². The van der Waals surface area contributed by atoms with Crippen LogP contribution in [-0.4, -0.2) is 23.3 Å². The van der Waals surface area contributed by atoms with Crippen LogP contribution in [0.4, 0.5) is 5.69 Å². The molecular weight excluding hydrogens is 302 g/mol. The number of nitrogens with one attached hydrogen (secondary N) is 1. The van der Waals surface area contributed by atoms with Gasteiger partial charge in [0, 0.05) is 44.5 Å². The topological polar surface area (TPSA) is 62.3 Å². The summed E-state index contributed by atoms with van der Waals surface area (Å²) in [5.41, 5.74) is 2.98. The fourth-order valence-corrected chi connectivity index (χ4v) is 2.52. The molecule has 2 aromatic rings. The number of pyridine rings is 1. The molecule has 126 valence electrons. The van der Waals surface area contributed by atoms with Gasteiger partial charge in [0.05, 0.1) is 0 Å². The maximum atomic E-state index is 12.1. The minimum Gasteiger partial charge on any atom is -0.352 e. The maximum Gasteiger partial charge on any atom is 0.223 e. The van der Waals surface area contributed by atoms with E-state index in [0.29, 0.717) is 13.1 Å². The van der Waals surface area contributed by atoms with Crippen molar-refractivity contribution in [2.45, 2.75) is 33.2 Å². The highest BCUT2D eigenvalue weighted by Gasteiger charge is 2.15. The van der Waals surface area contributed by atoms with Crippen LogP contribution in [0.15, 0.2) is 48.8 Å². The van der Waals surface area contributed by atoms with E-state index < -0.39 is 0 Å². The van der Waals surface area contributed by atoms with Crippen molar-refractivity contribution in [3.05, 3.63) is 59.9 Å². The van der Waals surface area contributed by atoms with Crippen molar-refractivity contribution < 1.29 is 9.59 Å².